The van der Waals surface area contributed by atoms with Crippen molar-refractivity contribution in [1.29, 1.82) is 0 Å². The predicted octanol–water partition coefficient (Wildman–Crippen LogP) is 1.67. The molecule has 0 fully saturated rings. The average molecular weight is 255 g/mol. The van der Waals surface area contributed by atoms with Crippen LogP contribution >= 0.6 is 11.3 Å². The number of nitrogens with one attached hydrogen (secondary N) is 2. The zero-order chi connectivity index (χ0) is 12.8. The van der Waals surface area contributed by atoms with Gasteiger partial charge in [0.25, 0.3) is 0 Å². The Bertz CT molecular complexity index is 401. The lowest BCUT2D eigenvalue weighted by atomic mass is 10.3. The van der Waals surface area contributed by atoms with E-state index in [1.165, 1.54) is 18.3 Å². The maximum Gasteiger partial charge on any atom is 0.227 e. The van der Waals surface area contributed by atoms with E-state index in [4.69, 9.17) is 0 Å². The van der Waals surface area contributed by atoms with Gasteiger partial charge in [-0.3, -0.25) is 9.59 Å². The van der Waals surface area contributed by atoms with Gasteiger partial charge in [0.05, 0.1) is 0 Å². The molecule has 2 N–H and O–H groups in total. The molecule has 0 radical (unpaired) electrons. The number of nitrogens with zero attached hydrogens (tertiary/aromatic N) is 1. The fraction of sp³-hybridized carbons (Fsp3) is 0.545. The molecule has 1 rings (SSSR count). The molecule has 1 aromatic heterocycles. The lowest BCUT2D eigenvalue weighted by molar-refractivity contribution is -0.116. The summed E-state index contributed by atoms with van der Waals surface area (Å²) in [5.74, 6) is -0.189. The van der Waals surface area contributed by atoms with Crippen molar-refractivity contribution < 1.29 is 9.59 Å². The molecule has 1 amide bonds. The summed E-state index contributed by atoms with van der Waals surface area (Å²) in [6.07, 6.45) is 0.396. The minimum atomic E-state index is -0.0948. The number of amides is 1. The normalized spacial score (nSPS) is 10.6. The van der Waals surface area contributed by atoms with Crippen molar-refractivity contribution in [3.05, 3.63) is 11.1 Å². The molecule has 94 valence electrons. The molecule has 1 aromatic rings. The van der Waals surface area contributed by atoms with Gasteiger partial charge in [-0.25, -0.2) is 4.98 Å². The maximum absolute atomic E-state index is 11.5. The Morgan fingerprint density at radius 1 is 1.47 bits per heavy atom. The summed E-state index contributed by atoms with van der Waals surface area (Å²) in [5, 5.41) is 7.94. The van der Waals surface area contributed by atoms with Gasteiger partial charge < -0.3 is 10.6 Å². The van der Waals surface area contributed by atoms with Crippen LogP contribution in [0.4, 0.5) is 5.13 Å². The molecule has 6 heteroatoms. The summed E-state index contributed by atoms with van der Waals surface area (Å²) >= 11 is 1.26. The number of anilines is 1. The van der Waals surface area contributed by atoms with E-state index in [9.17, 15) is 9.59 Å². The van der Waals surface area contributed by atoms with Crippen LogP contribution in [0.1, 0.15) is 37.7 Å². The van der Waals surface area contributed by atoms with Gasteiger partial charge in [0, 0.05) is 31.3 Å². The number of ketones is 1. The molecule has 0 aliphatic carbocycles. The molecule has 0 unspecified atom stereocenters. The Kier molecular flexibility index (Phi) is 5.24. The van der Waals surface area contributed by atoms with Crippen LogP contribution in [-0.2, 0) is 4.79 Å². The highest BCUT2D eigenvalue weighted by Gasteiger charge is 2.08. The average Bonchev–Trinajstić information content (AvgIpc) is 2.65. The zero-order valence-electron chi connectivity index (χ0n) is 10.2. The fourth-order valence-electron chi connectivity index (χ4n) is 1.15. The third-order valence-corrected chi connectivity index (χ3v) is 2.77. The number of thiazole rings is 1. The Morgan fingerprint density at radius 2 is 2.18 bits per heavy atom. The Hall–Kier alpha value is -1.27. The van der Waals surface area contributed by atoms with Crippen molar-refractivity contribution in [3.8, 4) is 0 Å². The molecular formula is C11H17N3O2S. The van der Waals surface area contributed by atoms with E-state index in [1.807, 2.05) is 13.8 Å². The second-order valence-corrected chi connectivity index (χ2v) is 4.86. The first kappa shape index (κ1) is 13.8. The van der Waals surface area contributed by atoms with Crippen LogP contribution in [-0.4, -0.2) is 29.3 Å². The molecule has 0 aliphatic heterocycles. The highest BCUT2D eigenvalue weighted by molar-refractivity contribution is 7.14. The highest BCUT2D eigenvalue weighted by atomic mass is 32.1. The van der Waals surface area contributed by atoms with Gasteiger partial charge in [-0.2, -0.15) is 0 Å². The molecular weight excluding hydrogens is 238 g/mol. The first-order valence-corrected chi connectivity index (χ1v) is 6.36. The minimum absolute atomic E-state index is 0.0942. The molecule has 1 heterocycles. The number of Topliss-reactive ketones (excluding diaryl/α,β-unsaturated/α-hetero) is 1. The van der Waals surface area contributed by atoms with Crippen LogP contribution in [0, 0.1) is 0 Å². The van der Waals surface area contributed by atoms with Crippen LogP contribution in [0.25, 0.3) is 0 Å². The number of hydrogen-bond acceptors (Lipinski definition) is 5. The van der Waals surface area contributed by atoms with Crippen LogP contribution in [0.2, 0.25) is 0 Å². The minimum Gasteiger partial charge on any atom is -0.314 e. The molecule has 17 heavy (non-hydrogen) atoms. The van der Waals surface area contributed by atoms with E-state index in [2.05, 4.69) is 15.6 Å². The van der Waals surface area contributed by atoms with Crippen molar-refractivity contribution in [1.82, 2.24) is 10.3 Å². The number of hydrogen-bond donors (Lipinski definition) is 2. The third-order valence-electron chi connectivity index (χ3n) is 2.02. The summed E-state index contributed by atoms with van der Waals surface area (Å²) in [5.41, 5.74) is 0.394. The third kappa shape index (κ3) is 5.06. The lowest BCUT2D eigenvalue weighted by Gasteiger charge is -2.06. The quantitative estimate of drug-likeness (QED) is 0.759. The van der Waals surface area contributed by atoms with Crippen LogP contribution in [0.3, 0.4) is 0 Å². The first-order chi connectivity index (χ1) is 7.99. The molecule has 0 aromatic carbocycles. The van der Waals surface area contributed by atoms with E-state index in [1.54, 1.807) is 5.38 Å². The number of carbonyl (C=O) groups is 2. The topological polar surface area (TPSA) is 71.1 Å². The van der Waals surface area contributed by atoms with Gasteiger partial charge in [0.15, 0.2) is 10.9 Å². The standard InChI is InChI=1S/C11H17N3O2S/c1-7(2)12-5-4-10(16)14-11-13-9(6-17-11)8(3)15/h6-7,12H,4-5H2,1-3H3,(H,13,14,16). The van der Waals surface area contributed by atoms with Gasteiger partial charge >= 0.3 is 0 Å². The fourth-order valence-corrected chi connectivity index (χ4v) is 1.91. The Balaban J connectivity index is 2.37. The molecule has 0 bridgehead atoms. The van der Waals surface area contributed by atoms with Gasteiger partial charge in [0.1, 0.15) is 5.69 Å². The summed E-state index contributed by atoms with van der Waals surface area (Å²) in [7, 11) is 0. The maximum atomic E-state index is 11.5. The van der Waals surface area contributed by atoms with Crippen molar-refractivity contribution in [2.75, 3.05) is 11.9 Å². The Labute approximate surface area is 105 Å². The van der Waals surface area contributed by atoms with E-state index in [-0.39, 0.29) is 11.7 Å². The van der Waals surface area contributed by atoms with Crippen LogP contribution < -0.4 is 10.6 Å². The number of rotatable bonds is 6. The second-order valence-electron chi connectivity index (χ2n) is 4.00. The molecule has 0 spiro atoms. The Morgan fingerprint density at radius 3 is 2.71 bits per heavy atom. The first-order valence-electron chi connectivity index (χ1n) is 5.48. The summed E-state index contributed by atoms with van der Waals surface area (Å²) in [6.45, 7) is 6.14. The smallest absolute Gasteiger partial charge is 0.227 e. The zero-order valence-corrected chi connectivity index (χ0v) is 11.1. The largest absolute Gasteiger partial charge is 0.314 e. The SMILES string of the molecule is CC(=O)c1csc(NC(=O)CCNC(C)C)n1. The summed E-state index contributed by atoms with van der Waals surface area (Å²) in [4.78, 5) is 26.5. The van der Waals surface area contributed by atoms with Crippen molar-refractivity contribution in [3.63, 3.8) is 0 Å². The van der Waals surface area contributed by atoms with Gasteiger partial charge in [-0.15, -0.1) is 11.3 Å². The van der Waals surface area contributed by atoms with E-state index >= 15 is 0 Å². The summed E-state index contributed by atoms with van der Waals surface area (Å²) < 4.78 is 0. The van der Waals surface area contributed by atoms with Crippen molar-refractivity contribution >= 4 is 28.2 Å². The molecule has 0 saturated heterocycles. The van der Waals surface area contributed by atoms with E-state index in [0.717, 1.165) is 0 Å². The van der Waals surface area contributed by atoms with E-state index in [0.29, 0.717) is 29.8 Å². The van der Waals surface area contributed by atoms with E-state index < -0.39 is 0 Å². The summed E-state index contributed by atoms with van der Waals surface area (Å²) in [6, 6.07) is 0.368. The van der Waals surface area contributed by atoms with Gasteiger partial charge in [0.2, 0.25) is 5.91 Å². The second kappa shape index (κ2) is 6.46. The molecule has 0 aliphatic rings. The predicted molar refractivity (Wildman–Crippen MR) is 68.5 cm³/mol. The molecule has 0 atom stereocenters. The van der Waals surface area contributed by atoms with Crippen molar-refractivity contribution in [2.24, 2.45) is 0 Å². The van der Waals surface area contributed by atoms with Crippen LogP contribution in [0.5, 0.6) is 0 Å². The van der Waals surface area contributed by atoms with Crippen LogP contribution in [0.15, 0.2) is 5.38 Å². The number of aromatic nitrogens is 1. The molecule has 5 nitrogen and oxygen atoms in total. The monoisotopic (exact) mass is 255 g/mol. The number of carbonyl (C=O) groups excluding carboxylic acids is 2. The lowest BCUT2D eigenvalue weighted by Crippen LogP contribution is -2.27. The van der Waals surface area contributed by atoms with Gasteiger partial charge in [-0.05, 0) is 0 Å². The van der Waals surface area contributed by atoms with Crippen molar-refractivity contribution in [2.45, 2.75) is 33.2 Å². The highest BCUT2D eigenvalue weighted by Crippen LogP contribution is 2.15. The molecule has 0 saturated carbocycles. The van der Waals surface area contributed by atoms with Gasteiger partial charge in [-0.1, -0.05) is 13.8 Å².